The van der Waals surface area contributed by atoms with Crippen LogP contribution in [0, 0.1) is 6.92 Å². The summed E-state index contributed by atoms with van der Waals surface area (Å²) in [6, 6.07) is 20.2. The number of hydrogen-bond acceptors (Lipinski definition) is 1. The van der Waals surface area contributed by atoms with Gasteiger partial charge in [0.15, 0.2) is 0 Å². The molecule has 0 bridgehead atoms. The fourth-order valence-electron chi connectivity index (χ4n) is 4.81. The first-order chi connectivity index (χ1) is 14.2. The molecule has 0 amide bonds. The van der Waals surface area contributed by atoms with Gasteiger partial charge >= 0.3 is 0 Å². The van der Waals surface area contributed by atoms with Gasteiger partial charge in [-0.2, -0.15) is 0 Å². The third kappa shape index (κ3) is 3.36. The van der Waals surface area contributed by atoms with Crippen LogP contribution >= 0.6 is 0 Å². The predicted octanol–water partition coefficient (Wildman–Crippen LogP) is 6.43. The predicted molar refractivity (Wildman–Crippen MR) is 124 cm³/mol. The Hall–Kier alpha value is -2.90. The first kappa shape index (κ1) is 18.1. The van der Waals surface area contributed by atoms with Crippen LogP contribution < -0.4 is 5.73 Å². The summed E-state index contributed by atoms with van der Waals surface area (Å²) in [4.78, 5) is 0. The minimum atomic E-state index is 0.407. The summed E-state index contributed by atoms with van der Waals surface area (Å²) >= 11 is 0. The number of rotatable bonds is 3. The molecule has 0 aromatic heterocycles. The molecule has 0 saturated carbocycles. The van der Waals surface area contributed by atoms with Gasteiger partial charge in [0.05, 0.1) is 0 Å². The maximum atomic E-state index is 5.73. The van der Waals surface area contributed by atoms with Gasteiger partial charge in [-0.1, -0.05) is 84.5 Å². The molecule has 3 aromatic rings. The number of allylic oxidation sites excluding steroid dienone is 2. The van der Waals surface area contributed by atoms with Crippen LogP contribution in [0.25, 0.3) is 23.3 Å². The zero-order valence-corrected chi connectivity index (χ0v) is 17.0. The molecule has 3 aromatic carbocycles. The Morgan fingerprint density at radius 1 is 0.966 bits per heavy atom. The fraction of sp³-hybridized carbons (Fsp3) is 0.214. The van der Waals surface area contributed by atoms with Gasteiger partial charge in [0.2, 0.25) is 0 Å². The van der Waals surface area contributed by atoms with Gasteiger partial charge in [-0.05, 0) is 70.7 Å². The molecule has 0 spiro atoms. The number of hydrogen-bond donors (Lipinski definition) is 1. The average Bonchev–Trinajstić information content (AvgIpc) is 2.77. The molecule has 29 heavy (non-hydrogen) atoms. The van der Waals surface area contributed by atoms with E-state index in [1.54, 1.807) is 11.1 Å². The Morgan fingerprint density at radius 2 is 1.83 bits per heavy atom. The Kier molecular flexibility index (Phi) is 4.69. The second-order valence-electron chi connectivity index (χ2n) is 8.31. The lowest BCUT2D eigenvalue weighted by molar-refractivity contribution is 0.805. The molecule has 1 heteroatoms. The molecule has 144 valence electrons. The van der Waals surface area contributed by atoms with Gasteiger partial charge in [-0.25, -0.2) is 0 Å². The van der Waals surface area contributed by atoms with Crippen molar-refractivity contribution in [3.63, 3.8) is 0 Å². The van der Waals surface area contributed by atoms with Crippen molar-refractivity contribution >= 4 is 12.2 Å². The van der Waals surface area contributed by atoms with Crippen LogP contribution in [0.3, 0.4) is 0 Å². The van der Waals surface area contributed by atoms with Crippen LogP contribution in [0.2, 0.25) is 0 Å². The quantitative estimate of drug-likeness (QED) is 0.559. The zero-order chi connectivity index (χ0) is 19.8. The molecule has 0 saturated heterocycles. The Balaban J connectivity index is 1.58. The van der Waals surface area contributed by atoms with Crippen molar-refractivity contribution < 1.29 is 0 Å². The summed E-state index contributed by atoms with van der Waals surface area (Å²) in [5.41, 5.74) is 18.3. The molecule has 0 aliphatic heterocycles. The molecule has 0 fully saturated rings. The lowest BCUT2D eigenvalue weighted by atomic mass is 9.74. The minimum absolute atomic E-state index is 0.407. The van der Waals surface area contributed by atoms with Crippen LogP contribution in [0.5, 0.6) is 0 Å². The van der Waals surface area contributed by atoms with Gasteiger partial charge < -0.3 is 5.73 Å². The summed E-state index contributed by atoms with van der Waals surface area (Å²) in [6.45, 7) is 2.79. The highest BCUT2D eigenvalue weighted by molar-refractivity contribution is 5.79. The lowest BCUT2D eigenvalue weighted by Gasteiger charge is -2.30. The maximum absolute atomic E-state index is 5.73. The lowest BCUT2D eigenvalue weighted by Crippen LogP contribution is -2.13. The van der Waals surface area contributed by atoms with Crippen LogP contribution in [-0.2, 0) is 19.4 Å². The van der Waals surface area contributed by atoms with E-state index in [1.807, 2.05) is 0 Å². The molecule has 2 N–H and O–H groups in total. The second-order valence-corrected chi connectivity index (χ2v) is 8.31. The van der Waals surface area contributed by atoms with Crippen molar-refractivity contribution in [2.24, 2.45) is 5.73 Å². The topological polar surface area (TPSA) is 26.0 Å². The normalized spacial score (nSPS) is 17.1. The van der Waals surface area contributed by atoms with Crippen molar-refractivity contribution in [3.05, 3.63) is 106 Å². The van der Waals surface area contributed by atoms with Gasteiger partial charge in [0.25, 0.3) is 0 Å². The second kappa shape index (κ2) is 7.50. The van der Waals surface area contributed by atoms with Gasteiger partial charge in [0, 0.05) is 12.5 Å². The van der Waals surface area contributed by atoms with Crippen molar-refractivity contribution in [2.45, 2.75) is 38.6 Å². The summed E-state index contributed by atoms with van der Waals surface area (Å²) in [5.74, 6) is 0.407. The van der Waals surface area contributed by atoms with Crippen molar-refractivity contribution in [1.29, 1.82) is 0 Å². The highest BCUT2D eigenvalue weighted by atomic mass is 14.5. The third-order valence-corrected chi connectivity index (χ3v) is 6.38. The summed E-state index contributed by atoms with van der Waals surface area (Å²) < 4.78 is 0. The fourth-order valence-corrected chi connectivity index (χ4v) is 4.81. The number of aryl methyl sites for hydroxylation is 1. The summed E-state index contributed by atoms with van der Waals surface area (Å²) in [7, 11) is 0. The van der Waals surface area contributed by atoms with Gasteiger partial charge in [-0.3, -0.25) is 0 Å². The Bertz CT molecular complexity index is 1120. The molecule has 1 unspecified atom stereocenters. The minimum Gasteiger partial charge on any atom is -0.326 e. The van der Waals surface area contributed by atoms with E-state index in [4.69, 9.17) is 5.73 Å². The van der Waals surface area contributed by atoms with Crippen LogP contribution in [0.1, 0.15) is 51.3 Å². The number of nitrogens with two attached hydrogens (primary N) is 1. The van der Waals surface area contributed by atoms with E-state index >= 15 is 0 Å². The molecule has 5 rings (SSSR count). The van der Waals surface area contributed by atoms with E-state index in [0.29, 0.717) is 12.5 Å². The van der Waals surface area contributed by atoms with E-state index in [1.165, 1.54) is 38.9 Å². The zero-order valence-electron chi connectivity index (χ0n) is 17.0. The Morgan fingerprint density at radius 3 is 2.66 bits per heavy atom. The highest BCUT2D eigenvalue weighted by Gasteiger charge is 2.26. The van der Waals surface area contributed by atoms with Crippen molar-refractivity contribution in [2.75, 3.05) is 0 Å². The molecule has 0 radical (unpaired) electrons. The maximum Gasteiger partial charge on any atom is 0.0178 e. The van der Waals surface area contributed by atoms with E-state index in [0.717, 1.165) is 19.3 Å². The van der Waals surface area contributed by atoms with Crippen molar-refractivity contribution in [3.8, 4) is 11.1 Å². The highest BCUT2D eigenvalue weighted by Crippen LogP contribution is 2.44. The van der Waals surface area contributed by atoms with E-state index in [9.17, 15) is 0 Å². The van der Waals surface area contributed by atoms with Gasteiger partial charge in [-0.15, -0.1) is 0 Å². The molecule has 0 heterocycles. The summed E-state index contributed by atoms with van der Waals surface area (Å²) in [6.07, 6.45) is 12.7. The average molecular weight is 378 g/mol. The van der Waals surface area contributed by atoms with E-state index in [2.05, 4.69) is 85.8 Å². The van der Waals surface area contributed by atoms with Crippen LogP contribution in [0.4, 0.5) is 0 Å². The molecule has 1 atom stereocenters. The Labute approximate surface area is 173 Å². The van der Waals surface area contributed by atoms with E-state index < -0.39 is 0 Å². The smallest absolute Gasteiger partial charge is 0.0178 e. The number of benzene rings is 3. The van der Waals surface area contributed by atoms with Crippen molar-refractivity contribution in [1.82, 2.24) is 0 Å². The van der Waals surface area contributed by atoms with Gasteiger partial charge in [0.1, 0.15) is 0 Å². The molecule has 2 aliphatic rings. The molecular formula is C28H27N. The first-order valence-corrected chi connectivity index (χ1v) is 10.6. The van der Waals surface area contributed by atoms with Crippen LogP contribution in [0.15, 0.2) is 66.7 Å². The first-order valence-electron chi connectivity index (χ1n) is 10.6. The monoisotopic (exact) mass is 377 g/mol. The SMILES string of the molecule is Cc1ccc2c(c1)-c1ccc3c(c1CC2/C=C\c1ccc(CN)cc1)CCC=C3. The standard InChI is InChI=1S/C28H27N/c1-19-6-14-25-23(12-11-20-7-9-21(18-29)10-8-20)17-28-24-5-3-2-4-22(24)13-15-26(28)27(25)16-19/h2,4,6-16,23H,3,5,17-18,29H2,1H3/b12-11-. The van der Waals surface area contributed by atoms with E-state index in [-0.39, 0.29) is 0 Å². The largest absolute Gasteiger partial charge is 0.326 e. The van der Waals surface area contributed by atoms with Crippen LogP contribution in [-0.4, -0.2) is 0 Å². The third-order valence-electron chi connectivity index (χ3n) is 6.38. The molecule has 1 nitrogen and oxygen atoms in total. The molecule has 2 aliphatic carbocycles. The molecular weight excluding hydrogens is 350 g/mol. The number of fused-ring (bicyclic) bond motifs is 5. The summed E-state index contributed by atoms with van der Waals surface area (Å²) in [5, 5.41) is 0.